The topological polar surface area (TPSA) is 52.6 Å². The third-order valence-electron chi connectivity index (χ3n) is 3.64. The number of hydrogen-bond acceptors (Lipinski definition) is 3. The molecule has 0 atom stereocenters. The lowest BCUT2D eigenvalue weighted by Gasteiger charge is -2.23. The number of carbonyl (C=O) groups is 1. The summed E-state index contributed by atoms with van der Waals surface area (Å²) in [7, 11) is 0. The summed E-state index contributed by atoms with van der Waals surface area (Å²) in [5.41, 5.74) is 0.0220. The van der Waals surface area contributed by atoms with E-state index in [4.69, 9.17) is 5.11 Å². The normalized spacial score (nSPS) is 16.4. The summed E-state index contributed by atoms with van der Waals surface area (Å²) >= 11 is 0. The van der Waals surface area contributed by atoms with Gasteiger partial charge in [-0.15, -0.1) is 0 Å². The second-order valence-corrected chi connectivity index (χ2v) is 5.84. The number of carboxylic acid groups (broad SMARTS) is 1. The Morgan fingerprint density at radius 2 is 2.05 bits per heavy atom. The molecule has 2 N–H and O–H groups in total. The van der Waals surface area contributed by atoms with E-state index in [0.717, 1.165) is 13.1 Å². The highest BCUT2D eigenvalue weighted by Crippen LogP contribution is 2.21. The fourth-order valence-electron chi connectivity index (χ4n) is 2.35. The number of nitrogens with zero attached hydrogens (tertiary/aromatic N) is 1. The van der Waals surface area contributed by atoms with Gasteiger partial charge in [0.15, 0.2) is 0 Å². The maximum absolute atomic E-state index is 14.1. The Morgan fingerprint density at radius 1 is 1.40 bits per heavy atom. The molecule has 0 saturated carbocycles. The Bertz CT molecular complexity index is 497. The minimum atomic E-state index is -1.12. The minimum absolute atomic E-state index is 0.289. The van der Waals surface area contributed by atoms with Crippen LogP contribution in [-0.4, -0.2) is 34.6 Å². The van der Waals surface area contributed by atoms with Crippen molar-refractivity contribution in [2.45, 2.75) is 38.8 Å². The second kappa shape index (κ2) is 5.79. The van der Waals surface area contributed by atoms with Gasteiger partial charge in [0.1, 0.15) is 11.4 Å². The molecule has 0 spiro atoms. The average molecular weight is 280 g/mol. The zero-order chi connectivity index (χ0) is 14.8. The molecule has 0 bridgehead atoms. The number of rotatable bonds is 5. The molecule has 1 aliphatic heterocycles. The first-order valence-electron chi connectivity index (χ1n) is 6.91. The molecule has 1 aromatic carbocycles. The van der Waals surface area contributed by atoms with Crippen molar-refractivity contribution < 1.29 is 14.3 Å². The summed E-state index contributed by atoms with van der Waals surface area (Å²) in [6, 6.07) is 4.84. The lowest BCUT2D eigenvalue weighted by atomic mass is 10.1. The third kappa shape index (κ3) is 3.48. The van der Waals surface area contributed by atoms with E-state index in [0.29, 0.717) is 17.8 Å². The molecule has 2 rings (SSSR count). The lowest BCUT2D eigenvalue weighted by Crippen LogP contribution is -2.39. The summed E-state index contributed by atoms with van der Waals surface area (Å²) < 4.78 is 14.1. The molecule has 1 aliphatic rings. The van der Waals surface area contributed by atoms with Gasteiger partial charge in [0, 0.05) is 17.8 Å². The molecule has 5 heteroatoms. The number of carboxylic acids is 1. The smallest absolute Gasteiger partial charge is 0.328 e. The van der Waals surface area contributed by atoms with Crippen LogP contribution in [0.1, 0.15) is 32.3 Å². The van der Waals surface area contributed by atoms with Gasteiger partial charge in [0.25, 0.3) is 0 Å². The van der Waals surface area contributed by atoms with E-state index in [2.05, 4.69) is 10.2 Å². The van der Waals surface area contributed by atoms with E-state index in [1.807, 2.05) is 0 Å². The van der Waals surface area contributed by atoms with Gasteiger partial charge in [-0.05, 0) is 51.9 Å². The van der Waals surface area contributed by atoms with Crippen LogP contribution in [0.5, 0.6) is 0 Å². The molecular formula is C15H21FN2O2. The zero-order valence-electron chi connectivity index (χ0n) is 11.9. The first kappa shape index (κ1) is 14.8. The van der Waals surface area contributed by atoms with Crippen molar-refractivity contribution in [3.8, 4) is 0 Å². The van der Waals surface area contributed by atoms with Crippen LogP contribution in [0.3, 0.4) is 0 Å². The third-order valence-corrected chi connectivity index (χ3v) is 3.64. The average Bonchev–Trinajstić information content (AvgIpc) is 2.85. The molecule has 4 nitrogen and oxygen atoms in total. The number of halogens is 1. The number of anilines is 1. The van der Waals surface area contributed by atoms with Crippen LogP contribution >= 0.6 is 0 Å². The number of aliphatic carboxylic acids is 1. The molecule has 0 amide bonds. The lowest BCUT2D eigenvalue weighted by molar-refractivity contribution is -0.141. The molecule has 0 radical (unpaired) electrons. The maximum Gasteiger partial charge on any atom is 0.328 e. The van der Waals surface area contributed by atoms with Crippen molar-refractivity contribution in [1.82, 2.24) is 4.90 Å². The van der Waals surface area contributed by atoms with Crippen LogP contribution in [0.2, 0.25) is 0 Å². The quantitative estimate of drug-likeness (QED) is 0.870. The summed E-state index contributed by atoms with van der Waals surface area (Å²) in [6.07, 6.45) is 2.35. The van der Waals surface area contributed by atoms with Crippen molar-refractivity contribution in [3.63, 3.8) is 0 Å². The van der Waals surface area contributed by atoms with Crippen LogP contribution in [-0.2, 0) is 11.3 Å². The Hall–Kier alpha value is -1.62. The number of benzene rings is 1. The predicted octanol–water partition coefficient (Wildman–Crippen LogP) is 2.70. The fourth-order valence-corrected chi connectivity index (χ4v) is 2.35. The van der Waals surface area contributed by atoms with Gasteiger partial charge in [-0.25, -0.2) is 9.18 Å². The molecule has 0 unspecified atom stereocenters. The molecule has 110 valence electrons. The monoisotopic (exact) mass is 280 g/mol. The Morgan fingerprint density at radius 3 is 2.60 bits per heavy atom. The van der Waals surface area contributed by atoms with Gasteiger partial charge in [-0.3, -0.25) is 4.90 Å². The molecular weight excluding hydrogens is 259 g/mol. The van der Waals surface area contributed by atoms with Crippen molar-refractivity contribution in [1.29, 1.82) is 0 Å². The van der Waals surface area contributed by atoms with Crippen molar-refractivity contribution >= 4 is 11.7 Å². The summed E-state index contributed by atoms with van der Waals surface area (Å²) in [5, 5.41) is 11.9. The van der Waals surface area contributed by atoms with Gasteiger partial charge in [0.05, 0.1) is 0 Å². The van der Waals surface area contributed by atoms with Gasteiger partial charge in [-0.1, -0.05) is 6.07 Å². The predicted molar refractivity (Wildman–Crippen MR) is 76.2 cm³/mol. The number of nitrogens with one attached hydrogen (secondary N) is 1. The minimum Gasteiger partial charge on any atom is -0.480 e. The first-order valence-corrected chi connectivity index (χ1v) is 6.91. The number of hydrogen-bond donors (Lipinski definition) is 2. The van der Waals surface area contributed by atoms with Crippen molar-refractivity contribution in [3.05, 3.63) is 29.6 Å². The van der Waals surface area contributed by atoms with Crippen LogP contribution in [0, 0.1) is 5.82 Å². The highest BCUT2D eigenvalue weighted by Gasteiger charge is 2.26. The van der Waals surface area contributed by atoms with Gasteiger partial charge in [-0.2, -0.15) is 0 Å². The van der Waals surface area contributed by atoms with Crippen LogP contribution in [0.15, 0.2) is 18.2 Å². The van der Waals surface area contributed by atoms with Gasteiger partial charge >= 0.3 is 5.97 Å². The van der Waals surface area contributed by atoms with Crippen LogP contribution in [0.4, 0.5) is 10.1 Å². The Kier molecular flexibility index (Phi) is 4.28. The van der Waals surface area contributed by atoms with E-state index in [9.17, 15) is 9.18 Å². The molecule has 20 heavy (non-hydrogen) atoms. The van der Waals surface area contributed by atoms with Crippen molar-refractivity contribution in [2.75, 3.05) is 18.4 Å². The Balaban J connectivity index is 2.07. The number of likely N-dealkylation sites (tertiary alicyclic amines) is 1. The molecule has 1 fully saturated rings. The zero-order valence-corrected chi connectivity index (χ0v) is 11.9. The van der Waals surface area contributed by atoms with E-state index in [1.54, 1.807) is 26.0 Å². The van der Waals surface area contributed by atoms with E-state index in [1.165, 1.54) is 18.9 Å². The van der Waals surface area contributed by atoms with Gasteiger partial charge in [0.2, 0.25) is 0 Å². The maximum atomic E-state index is 14.1. The van der Waals surface area contributed by atoms with Gasteiger partial charge < -0.3 is 10.4 Å². The van der Waals surface area contributed by atoms with E-state index >= 15 is 0 Å². The SMILES string of the molecule is CC(C)(Nc1ccc(CN2CCCC2)c(F)c1)C(=O)O. The largest absolute Gasteiger partial charge is 0.480 e. The summed E-state index contributed by atoms with van der Waals surface area (Å²) in [4.78, 5) is 13.3. The highest BCUT2D eigenvalue weighted by atomic mass is 19.1. The fraction of sp³-hybridized carbons (Fsp3) is 0.533. The van der Waals surface area contributed by atoms with E-state index in [-0.39, 0.29) is 5.82 Å². The summed E-state index contributed by atoms with van der Waals surface area (Å²) in [5.74, 6) is -1.26. The van der Waals surface area contributed by atoms with Crippen molar-refractivity contribution in [2.24, 2.45) is 0 Å². The molecule has 0 aromatic heterocycles. The molecule has 1 aromatic rings. The molecule has 0 aliphatic carbocycles. The Labute approximate surface area is 118 Å². The standard InChI is InChI=1S/C15H21FN2O2/c1-15(2,14(19)20)17-12-6-5-11(13(16)9-12)10-18-7-3-4-8-18/h5-6,9,17H,3-4,7-8,10H2,1-2H3,(H,19,20). The first-order chi connectivity index (χ1) is 9.38. The highest BCUT2D eigenvalue weighted by molar-refractivity contribution is 5.81. The van der Waals surface area contributed by atoms with E-state index < -0.39 is 11.5 Å². The van der Waals surface area contributed by atoms with Crippen LogP contribution in [0.25, 0.3) is 0 Å². The van der Waals surface area contributed by atoms with Crippen LogP contribution < -0.4 is 5.32 Å². The molecule has 1 saturated heterocycles. The summed E-state index contributed by atoms with van der Waals surface area (Å²) in [6.45, 7) is 5.75. The second-order valence-electron chi connectivity index (χ2n) is 5.84. The molecule has 1 heterocycles.